The van der Waals surface area contributed by atoms with E-state index < -0.39 is 6.10 Å². The number of ether oxygens (including phenoxy) is 3. The minimum Gasteiger partial charge on any atom is -0.462 e. The maximum absolute atomic E-state index is 12.8. The van der Waals surface area contributed by atoms with Crippen LogP contribution in [0, 0.1) is 0 Å². The molecule has 6 heteroatoms. The van der Waals surface area contributed by atoms with Crippen LogP contribution in [0.2, 0.25) is 0 Å². The van der Waals surface area contributed by atoms with Crippen LogP contribution in [-0.4, -0.2) is 37.2 Å². The summed E-state index contributed by atoms with van der Waals surface area (Å²) in [7, 11) is 0. The smallest absolute Gasteiger partial charge is 0.306 e. The van der Waals surface area contributed by atoms with E-state index in [2.05, 4.69) is 191 Å². The van der Waals surface area contributed by atoms with E-state index in [0.29, 0.717) is 12.8 Å². The van der Waals surface area contributed by atoms with Crippen LogP contribution in [0.3, 0.4) is 0 Å². The zero-order valence-electron chi connectivity index (χ0n) is 48.4. The fourth-order valence-corrected chi connectivity index (χ4v) is 7.48. The number of esters is 3. The Hall–Kier alpha value is -5.23. The molecule has 1 atom stereocenters. The van der Waals surface area contributed by atoms with Gasteiger partial charge in [0.1, 0.15) is 13.2 Å². The second-order valence-electron chi connectivity index (χ2n) is 19.1. The lowest BCUT2D eigenvalue weighted by Crippen LogP contribution is -2.30. The molecule has 0 radical (unpaired) electrons. The van der Waals surface area contributed by atoms with E-state index in [0.717, 1.165) is 180 Å². The molecular weight excluding hydrogens is 937 g/mol. The Labute approximate surface area is 466 Å². The molecule has 0 bridgehead atoms. The highest BCUT2D eigenvalue weighted by Crippen LogP contribution is 2.12. The van der Waals surface area contributed by atoms with Crippen molar-refractivity contribution in [2.24, 2.45) is 0 Å². The first kappa shape index (κ1) is 70.8. The molecule has 0 aromatic rings. The summed E-state index contributed by atoms with van der Waals surface area (Å²) < 4.78 is 16.8. The third-order valence-electron chi connectivity index (χ3n) is 11.9. The van der Waals surface area contributed by atoms with Crippen molar-refractivity contribution >= 4 is 17.9 Å². The molecule has 0 aliphatic heterocycles. The maximum atomic E-state index is 12.8. The number of hydrogen-bond acceptors (Lipinski definition) is 6. The van der Waals surface area contributed by atoms with Crippen LogP contribution in [-0.2, 0) is 28.6 Å². The standard InChI is InChI=1S/C70H108O6/c1-4-7-10-13-16-19-22-24-26-28-29-30-31-32-33-34-35-36-37-38-39-40-41-43-44-46-48-51-54-57-60-63-69(72)75-66-67(65-74-68(71)62-59-56-53-50-21-18-15-12-9-6-3)76-70(73)64-61-58-55-52-49-47-45-42-27-25-23-20-17-14-11-8-5-2/h7-8,10-12,15-17,19-20,24-27,29-30,32-33,35-36,38-39,41,43,45-48,67H,4-6,9,13-14,18,21-23,28,31,34,37,40,42,44,49-66H2,1-3H3/b10-7-,11-8-,15-12-,19-16-,20-17-,26-24-,27-25-,30-29-,33-32-,36-35-,39-38-,43-41-,47-45-,48-46-. The monoisotopic (exact) mass is 1040 g/mol. The Kier molecular flexibility index (Phi) is 58.0. The third kappa shape index (κ3) is 59.6. The summed E-state index contributed by atoms with van der Waals surface area (Å²) in [6.45, 7) is 6.27. The number of allylic oxidation sites excluding steroid dienone is 28. The van der Waals surface area contributed by atoms with E-state index >= 15 is 0 Å². The van der Waals surface area contributed by atoms with E-state index in [9.17, 15) is 14.4 Å². The zero-order chi connectivity index (χ0) is 55.0. The molecule has 0 saturated carbocycles. The normalized spacial score (nSPS) is 13.4. The topological polar surface area (TPSA) is 78.9 Å². The molecule has 424 valence electrons. The molecule has 0 aliphatic rings. The second-order valence-corrected chi connectivity index (χ2v) is 19.1. The van der Waals surface area contributed by atoms with Crippen LogP contribution >= 0.6 is 0 Å². The number of unbranched alkanes of at least 4 members (excludes halogenated alkanes) is 13. The lowest BCUT2D eigenvalue weighted by Gasteiger charge is -2.18. The van der Waals surface area contributed by atoms with Crippen LogP contribution in [0.4, 0.5) is 0 Å². The Bertz CT molecular complexity index is 1770. The van der Waals surface area contributed by atoms with Crippen molar-refractivity contribution in [1.29, 1.82) is 0 Å². The number of carbonyl (C=O) groups excluding carboxylic acids is 3. The molecule has 0 aromatic carbocycles. The van der Waals surface area contributed by atoms with Crippen molar-refractivity contribution in [3.8, 4) is 0 Å². The highest BCUT2D eigenvalue weighted by molar-refractivity contribution is 5.71. The molecule has 76 heavy (non-hydrogen) atoms. The highest BCUT2D eigenvalue weighted by atomic mass is 16.6. The van der Waals surface area contributed by atoms with E-state index in [1.807, 2.05) is 0 Å². The van der Waals surface area contributed by atoms with Gasteiger partial charge in [0.05, 0.1) is 0 Å². The molecular formula is C70H108O6. The van der Waals surface area contributed by atoms with Gasteiger partial charge in [-0.2, -0.15) is 0 Å². The molecule has 1 unspecified atom stereocenters. The summed E-state index contributed by atoms with van der Waals surface area (Å²) in [5, 5.41) is 0. The van der Waals surface area contributed by atoms with Gasteiger partial charge in [-0.25, -0.2) is 0 Å². The molecule has 0 aliphatic carbocycles. The van der Waals surface area contributed by atoms with Crippen LogP contribution in [0.25, 0.3) is 0 Å². The summed E-state index contributed by atoms with van der Waals surface area (Å²) in [5.74, 6) is -0.990. The Morgan fingerprint density at radius 1 is 0.276 bits per heavy atom. The zero-order valence-corrected chi connectivity index (χ0v) is 48.4. The van der Waals surface area contributed by atoms with Gasteiger partial charge < -0.3 is 14.2 Å². The minimum atomic E-state index is -0.817. The molecule has 0 fully saturated rings. The van der Waals surface area contributed by atoms with Gasteiger partial charge in [-0.15, -0.1) is 0 Å². The van der Waals surface area contributed by atoms with Gasteiger partial charge in [-0.1, -0.05) is 236 Å². The van der Waals surface area contributed by atoms with Gasteiger partial charge in [0.15, 0.2) is 6.10 Å². The van der Waals surface area contributed by atoms with E-state index in [1.165, 1.54) is 12.8 Å². The van der Waals surface area contributed by atoms with Gasteiger partial charge in [0, 0.05) is 19.3 Å². The first-order valence-corrected chi connectivity index (χ1v) is 30.1. The van der Waals surface area contributed by atoms with Crippen molar-refractivity contribution in [3.63, 3.8) is 0 Å². The summed E-state index contributed by atoms with van der Waals surface area (Å²) in [4.78, 5) is 38.1. The van der Waals surface area contributed by atoms with Crippen LogP contribution in [0.5, 0.6) is 0 Å². The second kappa shape index (κ2) is 62.3. The Morgan fingerprint density at radius 2 is 0.513 bits per heavy atom. The first-order valence-electron chi connectivity index (χ1n) is 30.1. The van der Waals surface area contributed by atoms with Crippen molar-refractivity contribution in [1.82, 2.24) is 0 Å². The average molecular weight is 1050 g/mol. The van der Waals surface area contributed by atoms with Gasteiger partial charge in [-0.3, -0.25) is 14.4 Å². The summed E-state index contributed by atoms with van der Waals surface area (Å²) in [6, 6.07) is 0. The molecule has 0 saturated heterocycles. The lowest BCUT2D eigenvalue weighted by atomic mass is 10.1. The van der Waals surface area contributed by atoms with Crippen molar-refractivity contribution in [2.75, 3.05) is 13.2 Å². The van der Waals surface area contributed by atoms with Crippen LogP contribution in [0.1, 0.15) is 233 Å². The number of rotatable bonds is 52. The van der Waals surface area contributed by atoms with Crippen LogP contribution < -0.4 is 0 Å². The van der Waals surface area contributed by atoms with Crippen molar-refractivity contribution in [3.05, 3.63) is 170 Å². The fraction of sp³-hybridized carbons (Fsp3) is 0.557. The molecule has 0 heterocycles. The Balaban J connectivity index is 4.39. The third-order valence-corrected chi connectivity index (χ3v) is 11.9. The summed E-state index contributed by atoms with van der Waals surface area (Å²) >= 11 is 0. The maximum Gasteiger partial charge on any atom is 0.306 e. The summed E-state index contributed by atoms with van der Waals surface area (Å²) in [5.41, 5.74) is 0. The SMILES string of the molecule is CC/C=C\C/C=C\C/C=C\C/C=C\C/C=C\C/C=C\C/C=C\C/C=C\C/C=C\CCCCCC(=O)OCC(COC(=O)CCCCCCC/C=C\CCC)OC(=O)CCCCCC/C=C\C/C=C\C/C=C\C/C=C\CC. The lowest BCUT2D eigenvalue weighted by molar-refractivity contribution is -0.167. The predicted molar refractivity (Wildman–Crippen MR) is 329 cm³/mol. The van der Waals surface area contributed by atoms with Crippen molar-refractivity contribution < 1.29 is 28.6 Å². The molecule has 0 aromatic heterocycles. The molecule has 0 amide bonds. The van der Waals surface area contributed by atoms with E-state index in [1.54, 1.807) is 0 Å². The quantitative estimate of drug-likeness (QED) is 0.0261. The predicted octanol–water partition coefficient (Wildman–Crippen LogP) is 20.7. The molecule has 6 nitrogen and oxygen atoms in total. The average Bonchev–Trinajstić information content (AvgIpc) is 3.42. The summed E-state index contributed by atoms with van der Waals surface area (Å²) in [6.07, 6.45) is 92.2. The van der Waals surface area contributed by atoms with Gasteiger partial charge in [-0.05, 0) is 148 Å². The largest absolute Gasteiger partial charge is 0.462 e. The van der Waals surface area contributed by atoms with Gasteiger partial charge >= 0.3 is 17.9 Å². The van der Waals surface area contributed by atoms with Crippen LogP contribution in [0.15, 0.2) is 170 Å². The van der Waals surface area contributed by atoms with E-state index in [4.69, 9.17) is 14.2 Å². The van der Waals surface area contributed by atoms with Gasteiger partial charge in [0.25, 0.3) is 0 Å². The van der Waals surface area contributed by atoms with Crippen molar-refractivity contribution in [2.45, 2.75) is 239 Å². The van der Waals surface area contributed by atoms with Gasteiger partial charge in [0.2, 0.25) is 0 Å². The van der Waals surface area contributed by atoms with E-state index in [-0.39, 0.29) is 37.5 Å². The molecule has 0 spiro atoms. The minimum absolute atomic E-state index is 0.111. The number of hydrogen-bond donors (Lipinski definition) is 0. The number of carbonyl (C=O) groups is 3. The molecule has 0 rings (SSSR count). The molecule has 0 N–H and O–H groups in total. The highest BCUT2D eigenvalue weighted by Gasteiger charge is 2.19. The Morgan fingerprint density at radius 3 is 0.829 bits per heavy atom. The first-order chi connectivity index (χ1) is 37.5. The fourth-order valence-electron chi connectivity index (χ4n) is 7.48.